The fourth-order valence-corrected chi connectivity index (χ4v) is 10.0. The van der Waals surface area contributed by atoms with Gasteiger partial charge in [0.05, 0.1) is 24.0 Å². The third-order valence-corrected chi connectivity index (χ3v) is 11.1. The maximum absolute atomic E-state index is 13.6. The molecule has 0 spiro atoms. The largest absolute Gasteiger partial charge is 0.296 e. The van der Waals surface area contributed by atoms with Crippen molar-refractivity contribution in [1.29, 1.82) is 0 Å². The van der Waals surface area contributed by atoms with Crippen molar-refractivity contribution in [1.82, 2.24) is 15.4 Å². The number of nitrogens with zero attached hydrogens (tertiary/aromatic N) is 2. The van der Waals surface area contributed by atoms with E-state index in [2.05, 4.69) is 70.8 Å². The van der Waals surface area contributed by atoms with Gasteiger partial charge in [-0.1, -0.05) is 38.5 Å². The highest BCUT2D eigenvalue weighted by Crippen LogP contribution is 2.52. The van der Waals surface area contributed by atoms with E-state index in [9.17, 15) is 9.59 Å². The molecule has 5 rings (SSSR count). The summed E-state index contributed by atoms with van der Waals surface area (Å²) in [6, 6.07) is 0. The molecule has 0 aromatic heterocycles. The molecule has 0 radical (unpaired) electrons. The number of hydrogen-bond acceptors (Lipinski definition) is 6. The number of nitrogens with one attached hydrogen (secondary N) is 1. The first kappa shape index (κ1) is 31.4. The average molecular weight is 574 g/mol. The van der Waals surface area contributed by atoms with Crippen LogP contribution in [0, 0.1) is 23.7 Å². The molecule has 0 bridgehead atoms. The van der Waals surface area contributed by atoms with Crippen LogP contribution in [-0.2, 0) is 19.3 Å². The molecule has 5 aliphatic rings. The summed E-state index contributed by atoms with van der Waals surface area (Å²) >= 11 is 0. The Kier molecular flexibility index (Phi) is 8.80. The van der Waals surface area contributed by atoms with Gasteiger partial charge < -0.3 is 0 Å². The second-order valence-electron chi connectivity index (χ2n) is 16.8. The first-order valence-electron chi connectivity index (χ1n) is 16.9. The maximum Gasteiger partial charge on any atom is 0.230 e. The molecule has 3 heterocycles. The number of amides is 2. The van der Waals surface area contributed by atoms with Gasteiger partial charge in [0.1, 0.15) is 0 Å². The van der Waals surface area contributed by atoms with Gasteiger partial charge in [-0.3, -0.25) is 24.6 Å². The summed E-state index contributed by atoms with van der Waals surface area (Å²) in [6.07, 6.45) is 16.1. The van der Waals surface area contributed by atoms with Crippen LogP contribution in [0.25, 0.3) is 0 Å². The third-order valence-electron chi connectivity index (χ3n) is 11.1. The minimum absolute atomic E-state index is 0.0604. The van der Waals surface area contributed by atoms with Gasteiger partial charge in [-0.05, 0) is 119 Å². The molecule has 7 nitrogen and oxygen atoms in total. The van der Waals surface area contributed by atoms with Crippen LogP contribution in [0.2, 0.25) is 0 Å². The SMILES string of the molecule is CC1(C)CC(C2C(=O)NC(=O)C2C2CC(C)(C)N(OC3CCCCC3)C(C)(C)C2)CC(C)(C)N1OC1CCCCC1. The van der Waals surface area contributed by atoms with Gasteiger partial charge in [-0.25, -0.2) is 0 Å². The van der Waals surface area contributed by atoms with E-state index in [1.807, 2.05) is 0 Å². The molecule has 41 heavy (non-hydrogen) atoms. The summed E-state index contributed by atoms with van der Waals surface area (Å²) in [7, 11) is 0. The van der Waals surface area contributed by atoms with Crippen LogP contribution in [0.4, 0.5) is 0 Å². The molecule has 5 fully saturated rings. The predicted molar refractivity (Wildman–Crippen MR) is 161 cm³/mol. The molecule has 3 saturated heterocycles. The monoisotopic (exact) mass is 573 g/mol. The highest BCUT2D eigenvalue weighted by molar-refractivity contribution is 6.05. The van der Waals surface area contributed by atoms with Crippen LogP contribution in [0.3, 0.4) is 0 Å². The molecule has 1 N–H and O–H groups in total. The first-order chi connectivity index (χ1) is 19.1. The fraction of sp³-hybridized carbons (Fsp3) is 0.941. The predicted octanol–water partition coefficient (Wildman–Crippen LogP) is 6.94. The Labute approximate surface area is 249 Å². The quantitative estimate of drug-likeness (QED) is 0.347. The molecular weight excluding hydrogens is 514 g/mol. The van der Waals surface area contributed by atoms with Gasteiger partial charge in [0.2, 0.25) is 11.8 Å². The minimum Gasteiger partial charge on any atom is -0.296 e. The van der Waals surface area contributed by atoms with Crippen molar-refractivity contribution in [2.24, 2.45) is 23.7 Å². The zero-order valence-corrected chi connectivity index (χ0v) is 27.4. The van der Waals surface area contributed by atoms with Crippen molar-refractivity contribution in [3.63, 3.8) is 0 Å². The number of imide groups is 1. The van der Waals surface area contributed by atoms with Gasteiger partial charge >= 0.3 is 0 Å². The number of hydrogen-bond donors (Lipinski definition) is 1. The molecule has 0 aromatic rings. The number of carbonyl (C=O) groups is 2. The minimum atomic E-state index is -0.291. The van der Waals surface area contributed by atoms with Crippen molar-refractivity contribution < 1.29 is 19.3 Å². The highest BCUT2D eigenvalue weighted by atomic mass is 16.7. The Morgan fingerprint density at radius 2 is 0.829 bits per heavy atom. The smallest absolute Gasteiger partial charge is 0.230 e. The van der Waals surface area contributed by atoms with Crippen LogP contribution in [0.1, 0.15) is 145 Å². The fourth-order valence-electron chi connectivity index (χ4n) is 10.0. The number of rotatable bonds is 6. The lowest BCUT2D eigenvalue weighted by molar-refractivity contribution is -0.319. The van der Waals surface area contributed by atoms with Gasteiger partial charge in [0, 0.05) is 22.2 Å². The molecular formula is C34H59N3O4. The van der Waals surface area contributed by atoms with Crippen molar-refractivity contribution >= 4 is 11.8 Å². The van der Waals surface area contributed by atoms with Crippen LogP contribution >= 0.6 is 0 Å². The zero-order chi connectivity index (χ0) is 29.8. The molecule has 2 amide bonds. The van der Waals surface area contributed by atoms with Crippen LogP contribution in [0.15, 0.2) is 0 Å². The van der Waals surface area contributed by atoms with Crippen molar-refractivity contribution in [3.05, 3.63) is 0 Å². The Balaban J connectivity index is 1.35. The van der Waals surface area contributed by atoms with Gasteiger partial charge in [-0.15, -0.1) is 0 Å². The van der Waals surface area contributed by atoms with Crippen LogP contribution in [-0.4, -0.2) is 56.3 Å². The molecule has 2 saturated carbocycles. The number of carbonyl (C=O) groups excluding carboxylic acids is 2. The van der Waals surface area contributed by atoms with Crippen molar-refractivity contribution in [2.75, 3.05) is 0 Å². The summed E-state index contributed by atoms with van der Waals surface area (Å²) < 4.78 is 0. The van der Waals surface area contributed by atoms with E-state index in [4.69, 9.17) is 9.68 Å². The lowest BCUT2D eigenvalue weighted by Crippen LogP contribution is -2.64. The molecule has 0 aromatic carbocycles. The van der Waals surface area contributed by atoms with Crippen molar-refractivity contribution in [2.45, 2.75) is 180 Å². The lowest BCUT2D eigenvalue weighted by Gasteiger charge is -2.57. The van der Waals surface area contributed by atoms with Gasteiger partial charge in [-0.2, -0.15) is 10.1 Å². The Bertz CT molecular complexity index is 851. The third kappa shape index (κ3) is 6.44. The highest BCUT2D eigenvalue weighted by Gasteiger charge is 2.59. The second-order valence-corrected chi connectivity index (χ2v) is 16.8. The second kappa shape index (κ2) is 11.5. The van der Waals surface area contributed by atoms with Gasteiger partial charge in [0.25, 0.3) is 0 Å². The molecule has 3 aliphatic heterocycles. The van der Waals surface area contributed by atoms with Crippen molar-refractivity contribution in [3.8, 4) is 0 Å². The maximum atomic E-state index is 13.6. The molecule has 234 valence electrons. The standard InChI is InChI=1S/C34H59N3O4/c1-31(2)19-23(20-32(3,4)36(31)40-25-15-11-9-12-16-25)27-28(30(39)35-29(27)38)24-21-33(5,6)37(34(7,8)22-24)41-26-17-13-10-14-18-26/h23-28H,9-22H2,1-8H3,(H,35,38,39). The van der Waals surface area contributed by atoms with E-state index in [-0.39, 0.29) is 69.8 Å². The van der Waals surface area contributed by atoms with E-state index in [0.717, 1.165) is 51.4 Å². The van der Waals surface area contributed by atoms with Crippen LogP contribution < -0.4 is 5.32 Å². The topological polar surface area (TPSA) is 71.1 Å². The van der Waals surface area contributed by atoms with E-state index < -0.39 is 0 Å². The Morgan fingerprint density at radius 3 is 1.12 bits per heavy atom. The Morgan fingerprint density at radius 1 is 0.537 bits per heavy atom. The number of piperidine rings is 2. The normalized spacial score (nSPS) is 34.1. The van der Waals surface area contributed by atoms with E-state index in [0.29, 0.717) is 0 Å². The summed E-state index contributed by atoms with van der Waals surface area (Å²) in [5.74, 6) is -0.444. The molecule has 2 unspecified atom stereocenters. The first-order valence-corrected chi connectivity index (χ1v) is 16.9. The van der Waals surface area contributed by atoms with Crippen LogP contribution in [0.5, 0.6) is 0 Å². The van der Waals surface area contributed by atoms with E-state index >= 15 is 0 Å². The summed E-state index contributed by atoms with van der Waals surface area (Å²) in [4.78, 5) is 40.7. The van der Waals surface area contributed by atoms with E-state index in [1.54, 1.807) is 0 Å². The summed E-state index contributed by atoms with van der Waals surface area (Å²) in [5.41, 5.74) is -0.904. The van der Waals surface area contributed by atoms with E-state index in [1.165, 1.54) is 38.5 Å². The number of hydroxylamine groups is 4. The summed E-state index contributed by atoms with van der Waals surface area (Å²) in [6.45, 7) is 18.1. The zero-order valence-electron chi connectivity index (χ0n) is 27.4. The Hall–Kier alpha value is -1.02. The lowest BCUT2D eigenvalue weighted by atomic mass is 9.62. The molecule has 2 atom stereocenters. The molecule has 7 heteroatoms. The summed E-state index contributed by atoms with van der Waals surface area (Å²) in [5, 5.41) is 7.34. The van der Waals surface area contributed by atoms with Gasteiger partial charge in [0.15, 0.2) is 0 Å². The average Bonchev–Trinajstić information content (AvgIpc) is 3.17. The molecule has 2 aliphatic carbocycles.